The van der Waals surface area contributed by atoms with E-state index in [2.05, 4.69) is 15.6 Å². The highest BCUT2D eigenvalue weighted by atomic mass is 16.5. The number of nitrogens with one attached hydrogen (secondary N) is 2. The summed E-state index contributed by atoms with van der Waals surface area (Å²) in [5.74, 6) is 0.554. The molecule has 0 aliphatic heterocycles. The summed E-state index contributed by atoms with van der Waals surface area (Å²) >= 11 is 0. The Kier molecular flexibility index (Phi) is 5.81. The fourth-order valence-electron chi connectivity index (χ4n) is 1.15. The first-order valence-corrected chi connectivity index (χ1v) is 5.26. The molecule has 94 valence electrons. The number of carbonyl (C=O) groups excluding carboxylic acids is 1. The highest BCUT2D eigenvalue weighted by Gasteiger charge is 2.00. The molecule has 0 saturated carbocycles. The van der Waals surface area contributed by atoms with Gasteiger partial charge in [-0.25, -0.2) is 9.78 Å². The summed E-state index contributed by atoms with van der Waals surface area (Å²) in [6.45, 7) is 1.41. The van der Waals surface area contributed by atoms with Gasteiger partial charge in [-0.15, -0.1) is 0 Å². The van der Waals surface area contributed by atoms with Gasteiger partial charge in [-0.05, 0) is 5.56 Å². The fourth-order valence-corrected chi connectivity index (χ4v) is 1.15. The van der Waals surface area contributed by atoms with Gasteiger partial charge in [-0.3, -0.25) is 0 Å². The zero-order valence-corrected chi connectivity index (χ0v) is 10.0. The Labute approximate surface area is 100 Å². The average Bonchev–Trinajstić information content (AvgIpc) is 2.37. The lowest BCUT2D eigenvalue weighted by Crippen LogP contribution is -2.36. The molecule has 0 saturated heterocycles. The predicted octanol–water partition coefficient (Wildman–Crippen LogP) is 0.536. The second-order valence-corrected chi connectivity index (χ2v) is 3.31. The molecule has 1 rings (SSSR count). The third-order valence-electron chi connectivity index (χ3n) is 2.05. The average molecular weight is 239 g/mol. The van der Waals surface area contributed by atoms with E-state index in [-0.39, 0.29) is 6.03 Å². The van der Waals surface area contributed by atoms with Gasteiger partial charge in [-0.1, -0.05) is 6.07 Å². The number of aromatic nitrogens is 1. The predicted molar refractivity (Wildman–Crippen MR) is 62.9 cm³/mol. The van der Waals surface area contributed by atoms with Crippen molar-refractivity contribution in [2.75, 3.05) is 27.4 Å². The van der Waals surface area contributed by atoms with Crippen molar-refractivity contribution < 1.29 is 14.3 Å². The molecule has 6 nitrogen and oxygen atoms in total. The first-order chi connectivity index (χ1) is 8.26. The summed E-state index contributed by atoms with van der Waals surface area (Å²) in [4.78, 5) is 15.3. The molecule has 17 heavy (non-hydrogen) atoms. The highest BCUT2D eigenvalue weighted by Crippen LogP contribution is 2.05. The molecular weight excluding hydrogens is 222 g/mol. The third-order valence-corrected chi connectivity index (χ3v) is 2.05. The van der Waals surface area contributed by atoms with Gasteiger partial charge in [0.2, 0.25) is 5.88 Å². The normalized spacial score (nSPS) is 9.76. The molecule has 1 heterocycles. The number of nitrogens with zero attached hydrogens (tertiary/aromatic N) is 1. The SMILES string of the molecule is COCCNC(=O)NCc1ccc(OC)nc1. The van der Waals surface area contributed by atoms with Crippen molar-refractivity contribution in [2.24, 2.45) is 0 Å². The quantitative estimate of drug-likeness (QED) is 0.710. The van der Waals surface area contributed by atoms with Gasteiger partial charge in [0.25, 0.3) is 0 Å². The summed E-state index contributed by atoms with van der Waals surface area (Å²) < 4.78 is 9.75. The molecule has 0 aromatic carbocycles. The number of methoxy groups -OCH3 is 2. The first-order valence-electron chi connectivity index (χ1n) is 5.26. The third kappa shape index (κ3) is 5.17. The van der Waals surface area contributed by atoms with Crippen molar-refractivity contribution in [3.8, 4) is 5.88 Å². The van der Waals surface area contributed by atoms with E-state index in [0.717, 1.165) is 5.56 Å². The van der Waals surface area contributed by atoms with E-state index in [1.54, 1.807) is 26.5 Å². The summed E-state index contributed by atoms with van der Waals surface area (Å²) in [7, 11) is 3.14. The van der Waals surface area contributed by atoms with Crippen LogP contribution in [0.15, 0.2) is 18.3 Å². The van der Waals surface area contributed by atoms with Crippen LogP contribution >= 0.6 is 0 Å². The number of hydrogen-bond acceptors (Lipinski definition) is 4. The maximum atomic E-state index is 11.3. The first kappa shape index (κ1) is 13.2. The van der Waals surface area contributed by atoms with E-state index in [1.807, 2.05) is 6.07 Å². The highest BCUT2D eigenvalue weighted by molar-refractivity contribution is 5.73. The molecule has 0 radical (unpaired) electrons. The van der Waals surface area contributed by atoms with Crippen molar-refractivity contribution in [3.63, 3.8) is 0 Å². The smallest absolute Gasteiger partial charge is 0.315 e. The number of urea groups is 1. The lowest BCUT2D eigenvalue weighted by Gasteiger charge is -2.07. The van der Waals surface area contributed by atoms with Crippen LogP contribution in [0.2, 0.25) is 0 Å². The van der Waals surface area contributed by atoms with Crippen LogP contribution in [0, 0.1) is 0 Å². The Bertz CT molecular complexity index is 340. The Balaban J connectivity index is 2.27. The van der Waals surface area contributed by atoms with E-state index in [1.165, 1.54) is 0 Å². The van der Waals surface area contributed by atoms with Gasteiger partial charge in [0.15, 0.2) is 0 Å². The van der Waals surface area contributed by atoms with E-state index in [4.69, 9.17) is 9.47 Å². The van der Waals surface area contributed by atoms with Crippen LogP contribution in [-0.4, -0.2) is 38.4 Å². The maximum Gasteiger partial charge on any atom is 0.315 e. The lowest BCUT2D eigenvalue weighted by atomic mass is 10.3. The number of ether oxygens (including phenoxy) is 2. The van der Waals surface area contributed by atoms with Gasteiger partial charge < -0.3 is 20.1 Å². The number of rotatable bonds is 6. The van der Waals surface area contributed by atoms with E-state index >= 15 is 0 Å². The number of amides is 2. The summed E-state index contributed by atoms with van der Waals surface area (Å²) in [6.07, 6.45) is 1.66. The molecule has 0 aliphatic rings. The Hall–Kier alpha value is -1.82. The maximum absolute atomic E-state index is 11.3. The largest absolute Gasteiger partial charge is 0.481 e. The number of pyridine rings is 1. The van der Waals surface area contributed by atoms with Gasteiger partial charge in [-0.2, -0.15) is 0 Å². The minimum atomic E-state index is -0.224. The minimum absolute atomic E-state index is 0.224. The Morgan fingerprint density at radius 2 is 2.18 bits per heavy atom. The van der Waals surface area contributed by atoms with E-state index in [0.29, 0.717) is 25.6 Å². The monoisotopic (exact) mass is 239 g/mol. The fraction of sp³-hybridized carbons (Fsp3) is 0.455. The van der Waals surface area contributed by atoms with Gasteiger partial charge in [0.1, 0.15) is 0 Å². The second-order valence-electron chi connectivity index (χ2n) is 3.31. The van der Waals surface area contributed by atoms with Crippen LogP contribution in [0.3, 0.4) is 0 Å². The van der Waals surface area contributed by atoms with Crippen LogP contribution < -0.4 is 15.4 Å². The second kappa shape index (κ2) is 7.45. The van der Waals surface area contributed by atoms with Crippen molar-refractivity contribution in [3.05, 3.63) is 23.9 Å². The van der Waals surface area contributed by atoms with Gasteiger partial charge >= 0.3 is 6.03 Å². The molecule has 0 fully saturated rings. The summed E-state index contributed by atoms with van der Waals surface area (Å²) in [6, 6.07) is 3.37. The van der Waals surface area contributed by atoms with Gasteiger partial charge in [0.05, 0.1) is 13.7 Å². The molecule has 0 spiro atoms. The molecule has 2 N–H and O–H groups in total. The van der Waals surface area contributed by atoms with E-state index in [9.17, 15) is 4.79 Å². The van der Waals surface area contributed by atoms with Crippen LogP contribution in [0.1, 0.15) is 5.56 Å². The zero-order valence-electron chi connectivity index (χ0n) is 10.0. The van der Waals surface area contributed by atoms with Crippen LogP contribution in [0.25, 0.3) is 0 Å². The van der Waals surface area contributed by atoms with Crippen molar-refractivity contribution in [1.82, 2.24) is 15.6 Å². The standard InChI is InChI=1S/C11H17N3O3/c1-16-6-5-12-11(15)14-8-9-3-4-10(17-2)13-7-9/h3-4,7H,5-6,8H2,1-2H3,(H2,12,14,15). The summed E-state index contributed by atoms with van der Waals surface area (Å²) in [5.41, 5.74) is 0.910. The molecule has 0 bridgehead atoms. The van der Waals surface area contributed by atoms with Crippen molar-refractivity contribution >= 4 is 6.03 Å². The molecular formula is C11H17N3O3. The molecule has 2 amide bonds. The van der Waals surface area contributed by atoms with E-state index < -0.39 is 0 Å². The molecule has 1 aromatic rings. The van der Waals surface area contributed by atoms with Gasteiger partial charge in [0, 0.05) is 32.5 Å². The molecule has 0 aliphatic carbocycles. The van der Waals surface area contributed by atoms with Crippen LogP contribution in [-0.2, 0) is 11.3 Å². The lowest BCUT2D eigenvalue weighted by molar-refractivity contribution is 0.196. The Morgan fingerprint density at radius 3 is 2.76 bits per heavy atom. The number of carbonyl (C=O) groups is 1. The van der Waals surface area contributed by atoms with Crippen LogP contribution in [0.5, 0.6) is 5.88 Å². The molecule has 1 aromatic heterocycles. The Morgan fingerprint density at radius 1 is 1.35 bits per heavy atom. The molecule has 6 heteroatoms. The molecule has 0 atom stereocenters. The van der Waals surface area contributed by atoms with Crippen LogP contribution in [0.4, 0.5) is 4.79 Å². The molecule has 0 unspecified atom stereocenters. The summed E-state index contributed by atoms with van der Waals surface area (Å²) in [5, 5.41) is 5.37. The topological polar surface area (TPSA) is 72.5 Å². The van der Waals surface area contributed by atoms with Crippen molar-refractivity contribution in [2.45, 2.75) is 6.54 Å². The minimum Gasteiger partial charge on any atom is -0.481 e. The number of hydrogen-bond donors (Lipinski definition) is 2. The van der Waals surface area contributed by atoms with Crippen molar-refractivity contribution in [1.29, 1.82) is 0 Å². The zero-order chi connectivity index (χ0) is 12.5.